The smallest absolute Gasteiger partial charge is 0.225 e. The van der Waals surface area contributed by atoms with Crippen LogP contribution in [-0.4, -0.2) is 41.9 Å². The van der Waals surface area contributed by atoms with Gasteiger partial charge in [0.2, 0.25) is 11.8 Å². The zero-order valence-electron chi connectivity index (χ0n) is 16.8. The second-order valence-electron chi connectivity index (χ2n) is 7.56. The summed E-state index contributed by atoms with van der Waals surface area (Å²) < 4.78 is 18.7. The Balaban J connectivity index is 1.30. The van der Waals surface area contributed by atoms with Crippen LogP contribution in [0.3, 0.4) is 0 Å². The highest BCUT2D eigenvalue weighted by Crippen LogP contribution is 2.23. The number of halogens is 1. The predicted octanol–water partition coefficient (Wildman–Crippen LogP) is 3.02. The molecule has 1 unspecified atom stereocenters. The number of hydrogen-bond acceptors (Lipinski definition) is 3. The van der Waals surface area contributed by atoms with Gasteiger partial charge in [-0.2, -0.15) is 0 Å². The molecule has 1 aliphatic heterocycles. The fraction of sp³-hybridized carbons (Fsp3) is 0.304. The molecule has 0 bridgehead atoms. The summed E-state index contributed by atoms with van der Waals surface area (Å²) >= 11 is 0. The number of amides is 2. The first kappa shape index (κ1) is 19.9. The molecule has 1 aliphatic rings. The lowest BCUT2D eigenvalue weighted by molar-refractivity contribution is -0.129. The van der Waals surface area contributed by atoms with Crippen LogP contribution < -0.4 is 10.1 Å². The van der Waals surface area contributed by atoms with Crippen LogP contribution in [0.25, 0.3) is 10.9 Å². The van der Waals surface area contributed by atoms with Crippen molar-refractivity contribution < 1.29 is 18.7 Å². The van der Waals surface area contributed by atoms with Crippen molar-refractivity contribution in [3.05, 3.63) is 65.6 Å². The molecule has 1 atom stereocenters. The van der Waals surface area contributed by atoms with Crippen molar-refractivity contribution in [3.8, 4) is 5.75 Å². The van der Waals surface area contributed by atoms with Gasteiger partial charge in [-0.1, -0.05) is 12.1 Å². The number of ether oxygens (including phenoxy) is 1. The number of rotatable bonds is 7. The molecule has 30 heavy (non-hydrogen) atoms. The minimum atomic E-state index is -0.351. The van der Waals surface area contributed by atoms with E-state index >= 15 is 0 Å². The van der Waals surface area contributed by atoms with E-state index in [1.54, 1.807) is 18.1 Å². The summed E-state index contributed by atoms with van der Waals surface area (Å²) in [6.07, 6.45) is 2.68. The van der Waals surface area contributed by atoms with E-state index in [2.05, 4.69) is 10.3 Å². The fourth-order valence-corrected chi connectivity index (χ4v) is 3.85. The van der Waals surface area contributed by atoms with Crippen LogP contribution in [0, 0.1) is 11.7 Å². The topological polar surface area (TPSA) is 74.4 Å². The Morgan fingerprint density at radius 3 is 2.83 bits per heavy atom. The van der Waals surface area contributed by atoms with Gasteiger partial charge in [-0.3, -0.25) is 9.59 Å². The Kier molecular flexibility index (Phi) is 5.70. The molecule has 1 fully saturated rings. The van der Waals surface area contributed by atoms with Crippen LogP contribution in [0.1, 0.15) is 17.5 Å². The van der Waals surface area contributed by atoms with Crippen molar-refractivity contribution >= 4 is 22.7 Å². The summed E-state index contributed by atoms with van der Waals surface area (Å²) in [5.41, 5.74) is 2.80. The van der Waals surface area contributed by atoms with Gasteiger partial charge in [-0.05, 0) is 47.9 Å². The lowest BCUT2D eigenvalue weighted by Crippen LogP contribution is -2.33. The van der Waals surface area contributed by atoms with E-state index in [-0.39, 0.29) is 30.0 Å². The molecule has 3 aromatic rings. The van der Waals surface area contributed by atoms with Crippen LogP contribution in [0.5, 0.6) is 5.75 Å². The molecule has 1 aromatic heterocycles. The molecular formula is C23H24FN3O3. The molecule has 0 aliphatic carbocycles. The normalized spacial score (nSPS) is 16.3. The number of carbonyl (C=O) groups excluding carboxylic acids is 2. The molecule has 0 spiro atoms. The van der Waals surface area contributed by atoms with Gasteiger partial charge in [0.05, 0.1) is 13.0 Å². The molecule has 1 saturated heterocycles. The number of likely N-dealkylation sites (tertiary alicyclic amines) is 1. The number of nitrogens with one attached hydrogen (secondary N) is 2. The van der Waals surface area contributed by atoms with Gasteiger partial charge >= 0.3 is 0 Å². The van der Waals surface area contributed by atoms with Crippen LogP contribution >= 0.6 is 0 Å². The SMILES string of the molecule is COc1ccc(CNC(=O)C2CC(=O)N(CCc3c[nH]c4ccc(F)cc34)C2)cc1. The number of aromatic amines is 1. The third-order valence-corrected chi connectivity index (χ3v) is 5.59. The Bertz CT molecular complexity index is 1060. The molecular weight excluding hydrogens is 385 g/mol. The van der Waals surface area contributed by atoms with Crippen molar-refractivity contribution in [3.63, 3.8) is 0 Å². The molecule has 0 radical (unpaired) electrons. The highest BCUT2D eigenvalue weighted by atomic mass is 19.1. The van der Waals surface area contributed by atoms with E-state index in [9.17, 15) is 14.0 Å². The van der Waals surface area contributed by atoms with Gasteiger partial charge in [0, 0.05) is 43.2 Å². The van der Waals surface area contributed by atoms with E-state index in [4.69, 9.17) is 4.74 Å². The number of H-pyrrole nitrogens is 1. The van der Waals surface area contributed by atoms with E-state index < -0.39 is 0 Å². The van der Waals surface area contributed by atoms with Crippen molar-refractivity contribution in [1.82, 2.24) is 15.2 Å². The minimum Gasteiger partial charge on any atom is -0.497 e. The lowest BCUT2D eigenvalue weighted by atomic mass is 10.1. The molecule has 2 N–H and O–H groups in total. The van der Waals surface area contributed by atoms with Crippen molar-refractivity contribution in [1.29, 1.82) is 0 Å². The Labute approximate surface area is 174 Å². The molecule has 2 aromatic carbocycles. The molecule has 2 heterocycles. The first-order chi connectivity index (χ1) is 14.5. The van der Waals surface area contributed by atoms with Gasteiger partial charge < -0.3 is 19.9 Å². The third kappa shape index (κ3) is 4.30. The predicted molar refractivity (Wildman–Crippen MR) is 111 cm³/mol. The fourth-order valence-electron chi connectivity index (χ4n) is 3.85. The number of methoxy groups -OCH3 is 1. The highest BCUT2D eigenvalue weighted by molar-refractivity contribution is 5.89. The second kappa shape index (κ2) is 8.57. The van der Waals surface area contributed by atoms with E-state index in [0.29, 0.717) is 26.1 Å². The quantitative estimate of drug-likeness (QED) is 0.630. The summed E-state index contributed by atoms with van der Waals surface area (Å²) in [4.78, 5) is 29.7. The highest BCUT2D eigenvalue weighted by Gasteiger charge is 2.33. The number of aromatic nitrogens is 1. The average Bonchev–Trinajstić information content (AvgIpc) is 3.33. The van der Waals surface area contributed by atoms with Gasteiger partial charge in [0.1, 0.15) is 11.6 Å². The van der Waals surface area contributed by atoms with E-state index in [1.807, 2.05) is 30.5 Å². The maximum absolute atomic E-state index is 13.5. The maximum atomic E-state index is 13.5. The average molecular weight is 409 g/mol. The van der Waals surface area contributed by atoms with Crippen LogP contribution in [0.15, 0.2) is 48.7 Å². The minimum absolute atomic E-state index is 0.0226. The monoisotopic (exact) mass is 409 g/mol. The summed E-state index contributed by atoms with van der Waals surface area (Å²) in [5.74, 6) is -0.00754. The van der Waals surface area contributed by atoms with Crippen molar-refractivity contribution in [2.75, 3.05) is 20.2 Å². The maximum Gasteiger partial charge on any atom is 0.225 e. The van der Waals surface area contributed by atoms with Gasteiger partial charge in [0.25, 0.3) is 0 Å². The number of hydrogen-bond donors (Lipinski definition) is 2. The molecule has 156 valence electrons. The number of carbonyl (C=O) groups is 2. The summed E-state index contributed by atoms with van der Waals surface area (Å²) in [5, 5.41) is 3.74. The van der Waals surface area contributed by atoms with E-state index in [0.717, 1.165) is 27.8 Å². The third-order valence-electron chi connectivity index (χ3n) is 5.59. The van der Waals surface area contributed by atoms with E-state index in [1.165, 1.54) is 12.1 Å². The molecule has 4 rings (SSSR count). The summed E-state index contributed by atoms with van der Waals surface area (Å²) in [6, 6.07) is 12.1. The molecule has 6 nitrogen and oxygen atoms in total. The summed E-state index contributed by atoms with van der Waals surface area (Å²) in [6.45, 7) is 1.32. The zero-order valence-corrected chi connectivity index (χ0v) is 16.8. The summed E-state index contributed by atoms with van der Waals surface area (Å²) in [7, 11) is 1.61. The van der Waals surface area contributed by atoms with Gasteiger partial charge in [-0.15, -0.1) is 0 Å². The van der Waals surface area contributed by atoms with Gasteiger partial charge in [-0.25, -0.2) is 4.39 Å². The standard InChI is InChI=1S/C23H24FN3O3/c1-30-19-5-2-15(3-6-19)12-26-23(29)17-10-22(28)27(14-17)9-8-16-13-25-21-7-4-18(24)11-20(16)21/h2-7,11,13,17,25H,8-10,12,14H2,1H3,(H,26,29). The van der Waals surface area contributed by atoms with Crippen molar-refractivity contribution in [2.24, 2.45) is 5.92 Å². The second-order valence-corrected chi connectivity index (χ2v) is 7.56. The van der Waals surface area contributed by atoms with Crippen LogP contribution in [-0.2, 0) is 22.6 Å². The largest absolute Gasteiger partial charge is 0.497 e. The zero-order chi connectivity index (χ0) is 21.1. The van der Waals surface area contributed by atoms with Crippen LogP contribution in [0.4, 0.5) is 4.39 Å². The number of benzene rings is 2. The first-order valence-corrected chi connectivity index (χ1v) is 9.97. The van der Waals surface area contributed by atoms with Crippen molar-refractivity contribution in [2.45, 2.75) is 19.4 Å². The molecule has 0 saturated carbocycles. The number of nitrogens with zero attached hydrogens (tertiary/aromatic N) is 1. The first-order valence-electron chi connectivity index (χ1n) is 9.97. The molecule has 7 heteroatoms. The number of fused-ring (bicyclic) bond motifs is 1. The Morgan fingerprint density at radius 1 is 1.27 bits per heavy atom. The Hall–Kier alpha value is -3.35. The molecule has 2 amide bonds. The Morgan fingerprint density at radius 2 is 2.07 bits per heavy atom. The van der Waals surface area contributed by atoms with Crippen LogP contribution in [0.2, 0.25) is 0 Å². The van der Waals surface area contributed by atoms with Gasteiger partial charge in [0.15, 0.2) is 0 Å². The lowest BCUT2D eigenvalue weighted by Gasteiger charge is -2.16.